The van der Waals surface area contributed by atoms with E-state index in [0.717, 1.165) is 0 Å². The lowest BCUT2D eigenvalue weighted by atomic mass is 11.8. The Bertz CT molecular complexity index is 21.5. The Kier molecular flexibility index (Phi) is 2.69. The van der Waals surface area contributed by atoms with Gasteiger partial charge in [0.15, 0.2) is 0 Å². The molecule has 42 valence electrons. The quantitative estimate of drug-likeness (QED) is 0.463. The van der Waals surface area contributed by atoms with Crippen LogP contribution in [0.5, 0.6) is 0 Å². The van der Waals surface area contributed by atoms with Crippen molar-refractivity contribution in [1.29, 1.82) is 0 Å². The molecule has 0 aromatic heterocycles. The maximum atomic E-state index is 1.56. The van der Waals surface area contributed by atoms with Gasteiger partial charge >= 0.3 is 0 Å². The lowest BCUT2D eigenvalue weighted by molar-refractivity contribution is 2.03. The summed E-state index contributed by atoms with van der Waals surface area (Å²) in [6, 6.07) is 0. The van der Waals surface area contributed by atoms with Crippen LogP contribution >= 0.6 is 35.3 Å². The number of hydrogen-bond donors (Lipinski definition) is 0. The third-order valence-electron chi connectivity index (χ3n) is 0.750. The van der Waals surface area contributed by atoms with E-state index in [0.29, 0.717) is 0 Å². The first-order valence-corrected chi connectivity index (χ1v) is 6.36. The molecule has 0 saturated carbocycles. The maximum absolute atomic E-state index is 1.56. The highest BCUT2D eigenvalue weighted by Crippen LogP contribution is 2.27. The summed E-state index contributed by atoms with van der Waals surface area (Å²) < 4.78 is 0. The van der Waals surface area contributed by atoms with Crippen molar-refractivity contribution in [2.24, 2.45) is 0 Å². The normalized spacial score (nSPS) is 44.0. The van der Waals surface area contributed by atoms with Gasteiger partial charge in [0.05, 0.1) is 0 Å². The molecule has 0 radical (unpaired) electrons. The highest BCUT2D eigenvalue weighted by molar-refractivity contribution is 8.31. The number of rotatable bonds is 0. The van der Waals surface area contributed by atoms with Gasteiger partial charge in [-0.3, -0.25) is 35.3 Å². The second kappa shape index (κ2) is 3.10. The zero-order chi connectivity index (χ0) is 4.24. The molecule has 1 aliphatic rings. The highest BCUT2D eigenvalue weighted by Gasteiger charge is 1.88. The average molecular weight is 144 g/mol. The molecule has 0 bridgehead atoms. The Morgan fingerprint density at radius 3 is 1.17 bits per heavy atom. The van der Waals surface area contributed by atoms with E-state index in [9.17, 15) is 0 Å². The van der Waals surface area contributed by atoms with Crippen molar-refractivity contribution in [2.75, 3.05) is 15.3 Å². The maximum Gasteiger partial charge on any atom is -0.000779 e. The van der Waals surface area contributed by atoms with Crippen molar-refractivity contribution in [3.8, 4) is 0 Å². The molecule has 1 heterocycles. The molecule has 0 unspecified atom stereocenters. The monoisotopic (exact) mass is 144 g/mol. The minimum Gasteiger partial charge on any atom is -0.252 e. The molecule has 1 saturated heterocycles. The molecule has 0 aromatic carbocycles. The summed E-state index contributed by atoms with van der Waals surface area (Å²) in [6.45, 7) is 0. The summed E-state index contributed by atoms with van der Waals surface area (Å²) >= 11 is 3.98. The predicted octanol–water partition coefficient (Wildman–Crippen LogP) is 0.466. The Balaban J connectivity index is 2.00. The second-order valence-corrected chi connectivity index (χ2v) is 7.02. The molecular formula is C3H12S3. The first-order chi connectivity index (χ1) is 3.00. The molecule has 0 spiro atoms. The van der Waals surface area contributed by atoms with E-state index in [4.69, 9.17) is 0 Å². The van der Waals surface area contributed by atoms with Gasteiger partial charge in [0.2, 0.25) is 0 Å². The Morgan fingerprint density at radius 1 is 0.667 bits per heavy atom. The van der Waals surface area contributed by atoms with Gasteiger partial charge in [-0.15, -0.1) is 0 Å². The third-order valence-corrected chi connectivity index (χ3v) is 6.75. The van der Waals surface area contributed by atoms with Gasteiger partial charge in [0.1, 0.15) is 0 Å². The molecular weight excluding hydrogens is 132 g/mol. The molecule has 3 heteroatoms. The predicted molar refractivity (Wildman–Crippen MR) is 45.7 cm³/mol. The summed E-state index contributed by atoms with van der Waals surface area (Å²) in [6.07, 6.45) is 0. The molecule has 0 N–H and O–H groups in total. The first kappa shape index (κ1) is 5.19. The molecule has 1 aliphatic heterocycles. The largest absolute Gasteiger partial charge is 0.252 e. The highest BCUT2D eigenvalue weighted by atomic mass is 32.3. The second-order valence-electron chi connectivity index (χ2n) is 1.28. The van der Waals surface area contributed by atoms with Gasteiger partial charge in [0, 0.05) is 0 Å². The SMILES string of the molecule is C1[SH2]C[SH2]C[SH2]1. The summed E-state index contributed by atoms with van der Waals surface area (Å²) in [5, 5.41) is 4.69. The molecule has 0 aromatic rings. The minimum atomic E-state index is 1.33. The van der Waals surface area contributed by atoms with Crippen LogP contribution in [0, 0.1) is 0 Å². The standard InChI is InChI=1S/C3H12S3/c1-4-2-6-3-5-1/h1-6H2. The van der Waals surface area contributed by atoms with Crippen LogP contribution in [-0.2, 0) is 0 Å². The van der Waals surface area contributed by atoms with Crippen LogP contribution < -0.4 is 0 Å². The molecule has 0 nitrogen and oxygen atoms in total. The summed E-state index contributed by atoms with van der Waals surface area (Å²) in [5.41, 5.74) is 0. The smallest absolute Gasteiger partial charge is 0.000779 e. The van der Waals surface area contributed by atoms with Gasteiger partial charge in [-0.2, -0.15) is 0 Å². The summed E-state index contributed by atoms with van der Waals surface area (Å²) in [5.74, 6) is 0. The van der Waals surface area contributed by atoms with Crippen molar-refractivity contribution in [2.45, 2.75) is 0 Å². The topological polar surface area (TPSA) is 0 Å². The van der Waals surface area contributed by atoms with E-state index in [2.05, 4.69) is 0 Å². The van der Waals surface area contributed by atoms with Crippen molar-refractivity contribution >= 4 is 35.3 Å². The Labute approximate surface area is 50.8 Å². The van der Waals surface area contributed by atoms with Crippen LogP contribution in [0.2, 0.25) is 0 Å². The van der Waals surface area contributed by atoms with Gasteiger partial charge in [0.25, 0.3) is 0 Å². The van der Waals surface area contributed by atoms with E-state index in [-0.39, 0.29) is 0 Å². The average Bonchev–Trinajstić information content (AvgIpc) is 1.72. The van der Waals surface area contributed by atoms with Crippen LogP contribution in [0.25, 0.3) is 0 Å². The fraction of sp³-hybridized carbons (Fsp3) is 1.00. The van der Waals surface area contributed by atoms with E-state index in [1.165, 1.54) is 35.3 Å². The van der Waals surface area contributed by atoms with Crippen LogP contribution in [0.3, 0.4) is 0 Å². The zero-order valence-electron chi connectivity index (χ0n) is 3.62. The van der Waals surface area contributed by atoms with Crippen molar-refractivity contribution in [1.82, 2.24) is 0 Å². The Hall–Kier alpha value is 1.05. The molecule has 0 aliphatic carbocycles. The minimum absolute atomic E-state index is 1.33. The van der Waals surface area contributed by atoms with Crippen molar-refractivity contribution in [3.05, 3.63) is 0 Å². The molecule has 0 amide bonds. The van der Waals surface area contributed by atoms with Gasteiger partial charge < -0.3 is 0 Å². The summed E-state index contributed by atoms with van der Waals surface area (Å²) in [7, 11) is 0. The lowest BCUT2D eigenvalue weighted by Crippen LogP contribution is -1.82. The van der Waals surface area contributed by atoms with Crippen LogP contribution in [0.1, 0.15) is 0 Å². The van der Waals surface area contributed by atoms with Crippen LogP contribution in [0.15, 0.2) is 0 Å². The van der Waals surface area contributed by atoms with E-state index in [1.807, 2.05) is 0 Å². The van der Waals surface area contributed by atoms with Gasteiger partial charge in [-0.25, -0.2) is 0 Å². The Morgan fingerprint density at radius 2 is 1.00 bits per heavy atom. The van der Waals surface area contributed by atoms with Crippen LogP contribution in [-0.4, -0.2) is 15.3 Å². The molecule has 0 atom stereocenters. The van der Waals surface area contributed by atoms with Crippen molar-refractivity contribution in [3.63, 3.8) is 0 Å². The van der Waals surface area contributed by atoms with Gasteiger partial charge in [-0.05, 0) is 15.3 Å². The molecule has 1 fully saturated rings. The zero-order valence-corrected chi connectivity index (χ0v) is 6.62. The van der Waals surface area contributed by atoms with Crippen molar-refractivity contribution < 1.29 is 0 Å². The van der Waals surface area contributed by atoms with E-state index >= 15 is 0 Å². The number of hydrogen-bond acceptors (Lipinski definition) is 0. The van der Waals surface area contributed by atoms with E-state index in [1.54, 1.807) is 15.3 Å². The van der Waals surface area contributed by atoms with Gasteiger partial charge in [-0.1, -0.05) is 0 Å². The summed E-state index contributed by atoms with van der Waals surface area (Å²) in [4.78, 5) is 0. The lowest BCUT2D eigenvalue weighted by Gasteiger charge is -2.13. The fourth-order valence-electron chi connectivity index (χ4n) is 0.453. The van der Waals surface area contributed by atoms with E-state index < -0.39 is 0 Å². The fourth-order valence-corrected chi connectivity index (χ4v) is 7.45. The molecule has 1 rings (SSSR count). The van der Waals surface area contributed by atoms with Crippen LogP contribution in [0.4, 0.5) is 0 Å². The third kappa shape index (κ3) is 1.67. The first-order valence-electron chi connectivity index (χ1n) is 2.12. The molecule has 6 heavy (non-hydrogen) atoms.